The van der Waals surface area contributed by atoms with Crippen LogP contribution in [0.25, 0.3) is 0 Å². The van der Waals surface area contributed by atoms with Crippen LogP contribution in [-0.2, 0) is 27.2 Å². The number of rotatable bonds is 9. The molecule has 0 bridgehead atoms. The van der Waals surface area contributed by atoms with Crippen LogP contribution in [0.1, 0.15) is 11.1 Å². The Morgan fingerprint density at radius 3 is 2.72 bits per heavy atom. The van der Waals surface area contributed by atoms with E-state index in [0.29, 0.717) is 51.4 Å². The van der Waals surface area contributed by atoms with Crippen molar-refractivity contribution in [2.24, 2.45) is 0 Å². The van der Waals surface area contributed by atoms with Crippen molar-refractivity contribution >= 4 is 5.91 Å². The minimum atomic E-state index is -0.185. The van der Waals surface area contributed by atoms with Crippen LogP contribution in [0.5, 0.6) is 0 Å². The fourth-order valence-corrected chi connectivity index (χ4v) is 3.55. The Morgan fingerprint density at radius 1 is 1.21 bits per heavy atom. The summed E-state index contributed by atoms with van der Waals surface area (Å²) >= 11 is 0. The molecule has 1 aliphatic rings. The van der Waals surface area contributed by atoms with Gasteiger partial charge < -0.3 is 14.4 Å². The highest BCUT2D eigenvalue weighted by Gasteiger charge is 2.25. The van der Waals surface area contributed by atoms with E-state index >= 15 is 0 Å². The molecule has 6 heteroatoms. The minimum absolute atomic E-state index is 0.0584. The van der Waals surface area contributed by atoms with Crippen LogP contribution in [0, 0.1) is 5.82 Å². The molecule has 0 N–H and O–H groups in total. The lowest BCUT2D eigenvalue weighted by Crippen LogP contribution is -2.49. The zero-order valence-corrected chi connectivity index (χ0v) is 16.9. The molecule has 2 aromatic rings. The van der Waals surface area contributed by atoms with E-state index in [9.17, 15) is 9.18 Å². The minimum Gasteiger partial charge on any atom is -0.383 e. The van der Waals surface area contributed by atoms with Gasteiger partial charge in [0.1, 0.15) is 5.82 Å². The van der Waals surface area contributed by atoms with Gasteiger partial charge in [0.15, 0.2) is 0 Å². The number of amides is 1. The van der Waals surface area contributed by atoms with Gasteiger partial charge in [0.05, 0.1) is 25.7 Å². The second-order valence-electron chi connectivity index (χ2n) is 7.31. The quantitative estimate of drug-likeness (QED) is 0.649. The molecule has 29 heavy (non-hydrogen) atoms. The zero-order chi connectivity index (χ0) is 20.5. The third-order valence-electron chi connectivity index (χ3n) is 5.11. The number of carbonyl (C=O) groups excluding carboxylic acids is 1. The average molecular weight is 400 g/mol. The molecule has 0 spiro atoms. The number of hydrogen-bond donors (Lipinski definition) is 0. The van der Waals surface area contributed by atoms with Crippen LogP contribution >= 0.6 is 0 Å². The highest BCUT2D eigenvalue weighted by Crippen LogP contribution is 2.15. The van der Waals surface area contributed by atoms with E-state index in [1.807, 2.05) is 47.4 Å². The summed E-state index contributed by atoms with van der Waals surface area (Å²) in [4.78, 5) is 16.9. The van der Waals surface area contributed by atoms with E-state index in [-0.39, 0.29) is 17.8 Å². The molecule has 0 aliphatic carbocycles. The van der Waals surface area contributed by atoms with Gasteiger partial charge in [-0.05, 0) is 11.6 Å². The lowest BCUT2D eigenvalue weighted by molar-refractivity contribution is -0.134. The largest absolute Gasteiger partial charge is 0.383 e. The second kappa shape index (κ2) is 11.0. The SMILES string of the molecule is COCCN(CC1CN(Cc2ccccc2F)CCO1)C(=O)Cc1ccccc1. The Labute approximate surface area is 172 Å². The molecule has 0 radical (unpaired) electrons. The van der Waals surface area contributed by atoms with Crippen molar-refractivity contribution in [2.45, 2.75) is 19.1 Å². The van der Waals surface area contributed by atoms with Gasteiger partial charge >= 0.3 is 0 Å². The van der Waals surface area contributed by atoms with E-state index in [1.54, 1.807) is 13.2 Å². The van der Waals surface area contributed by atoms with E-state index in [1.165, 1.54) is 6.07 Å². The number of nitrogens with zero attached hydrogens (tertiary/aromatic N) is 2. The maximum Gasteiger partial charge on any atom is 0.227 e. The van der Waals surface area contributed by atoms with Crippen molar-refractivity contribution in [3.05, 3.63) is 71.5 Å². The normalized spacial score (nSPS) is 17.2. The summed E-state index contributed by atoms with van der Waals surface area (Å²) in [6.07, 6.45) is 0.253. The number of methoxy groups -OCH3 is 1. The first-order valence-electron chi connectivity index (χ1n) is 10.0. The highest BCUT2D eigenvalue weighted by molar-refractivity contribution is 5.78. The van der Waals surface area contributed by atoms with Gasteiger partial charge in [-0.1, -0.05) is 48.5 Å². The summed E-state index contributed by atoms with van der Waals surface area (Å²) < 4.78 is 25.1. The molecule has 1 saturated heterocycles. The van der Waals surface area contributed by atoms with E-state index < -0.39 is 0 Å². The maximum absolute atomic E-state index is 14.0. The number of halogens is 1. The number of hydrogen-bond acceptors (Lipinski definition) is 4. The van der Waals surface area contributed by atoms with Crippen LogP contribution in [0.4, 0.5) is 4.39 Å². The fourth-order valence-electron chi connectivity index (χ4n) is 3.55. The molecule has 156 valence electrons. The van der Waals surface area contributed by atoms with Crippen molar-refractivity contribution in [3.8, 4) is 0 Å². The molecular formula is C23H29FN2O3. The number of morpholine rings is 1. The number of carbonyl (C=O) groups is 1. The van der Waals surface area contributed by atoms with Crippen molar-refractivity contribution in [1.82, 2.24) is 9.80 Å². The molecule has 1 fully saturated rings. The zero-order valence-electron chi connectivity index (χ0n) is 16.9. The molecule has 1 heterocycles. The summed E-state index contributed by atoms with van der Waals surface area (Å²) in [5.41, 5.74) is 1.68. The van der Waals surface area contributed by atoms with Crippen LogP contribution in [0.3, 0.4) is 0 Å². The van der Waals surface area contributed by atoms with Crippen LogP contribution in [0.2, 0.25) is 0 Å². The average Bonchev–Trinajstić information content (AvgIpc) is 2.74. The lowest BCUT2D eigenvalue weighted by atomic mass is 10.1. The Kier molecular flexibility index (Phi) is 8.16. The second-order valence-corrected chi connectivity index (χ2v) is 7.31. The summed E-state index contributed by atoms with van der Waals surface area (Å²) in [5.74, 6) is -0.127. The van der Waals surface area contributed by atoms with Crippen molar-refractivity contribution < 1.29 is 18.7 Å². The Hall–Kier alpha value is -2.28. The van der Waals surface area contributed by atoms with Crippen molar-refractivity contribution in [1.29, 1.82) is 0 Å². The van der Waals surface area contributed by atoms with Gasteiger partial charge in [-0.3, -0.25) is 9.69 Å². The third-order valence-corrected chi connectivity index (χ3v) is 5.11. The van der Waals surface area contributed by atoms with E-state index in [4.69, 9.17) is 9.47 Å². The number of ether oxygens (including phenoxy) is 2. The molecule has 1 unspecified atom stereocenters. The molecular weight excluding hydrogens is 371 g/mol. The Balaban J connectivity index is 1.59. The van der Waals surface area contributed by atoms with E-state index in [2.05, 4.69) is 4.90 Å². The predicted octanol–water partition coefficient (Wildman–Crippen LogP) is 2.74. The molecule has 2 aromatic carbocycles. The Morgan fingerprint density at radius 2 is 1.97 bits per heavy atom. The summed E-state index contributed by atoms with van der Waals surface area (Å²) in [6, 6.07) is 16.6. The highest BCUT2D eigenvalue weighted by atomic mass is 19.1. The topological polar surface area (TPSA) is 42.0 Å². The van der Waals surface area contributed by atoms with Gasteiger partial charge in [-0.15, -0.1) is 0 Å². The molecule has 3 rings (SSSR count). The first-order chi connectivity index (χ1) is 14.2. The number of benzene rings is 2. The first-order valence-corrected chi connectivity index (χ1v) is 10.0. The summed E-state index contributed by atoms with van der Waals surface area (Å²) in [7, 11) is 1.63. The lowest BCUT2D eigenvalue weighted by Gasteiger charge is -2.36. The Bertz CT molecular complexity index is 772. The molecule has 1 amide bonds. The van der Waals surface area contributed by atoms with Gasteiger partial charge in [0.2, 0.25) is 5.91 Å². The fraction of sp³-hybridized carbons (Fsp3) is 0.435. The van der Waals surface area contributed by atoms with Gasteiger partial charge in [-0.2, -0.15) is 0 Å². The van der Waals surface area contributed by atoms with Crippen molar-refractivity contribution in [3.63, 3.8) is 0 Å². The summed E-state index contributed by atoms with van der Waals surface area (Å²) in [6.45, 7) is 4.04. The molecule has 0 aromatic heterocycles. The first kappa shape index (κ1) is 21.4. The molecule has 1 atom stereocenters. The standard InChI is InChI=1S/C23H29FN2O3/c1-28-13-12-26(23(27)15-19-7-3-2-4-8-19)18-21-17-25(11-14-29-21)16-20-9-5-6-10-22(20)24/h2-10,21H,11-18H2,1H3. The molecule has 0 saturated carbocycles. The van der Waals surface area contributed by atoms with Gasteiger partial charge in [0, 0.05) is 45.4 Å². The van der Waals surface area contributed by atoms with Crippen LogP contribution < -0.4 is 0 Å². The van der Waals surface area contributed by atoms with Gasteiger partial charge in [0.25, 0.3) is 0 Å². The van der Waals surface area contributed by atoms with E-state index in [0.717, 1.165) is 12.1 Å². The summed E-state index contributed by atoms with van der Waals surface area (Å²) in [5, 5.41) is 0. The predicted molar refractivity (Wildman–Crippen MR) is 110 cm³/mol. The van der Waals surface area contributed by atoms with Crippen molar-refractivity contribution in [2.75, 3.05) is 46.5 Å². The third kappa shape index (κ3) is 6.63. The maximum atomic E-state index is 14.0. The monoisotopic (exact) mass is 400 g/mol. The van der Waals surface area contributed by atoms with Crippen LogP contribution in [0.15, 0.2) is 54.6 Å². The molecule has 5 nitrogen and oxygen atoms in total. The molecule has 1 aliphatic heterocycles. The smallest absolute Gasteiger partial charge is 0.227 e. The van der Waals surface area contributed by atoms with Gasteiger partial charge in [-0.25, -0.2) is 4.39 Å². The van der Waals surface area contributed by atoms with Crippen LogP contribution in [-0.4, -0.2) is 68.3 Å².